The summed E-state index contributed by atoms with van der Waals surface area (Å²) in [5, 5.41) is 8.28. The normalized spacial score (nSPS) is 12.5. The van der Waals surface area contributed by atoms with Gasteiger partial charge in [-0.25, -0.2) is 13.6 Å². The van der Waals surface area contributed by atoms with Crippen LogP contribution < -0.4 is 10.5 Å². The van der Waals surface area contributed by atoms with Gasteiger partial charge < -0.3 is 10.1 Å². The van der Waals surface area contributed by atoms with Crippen LogP contribution in [-0.2, 0) is 14.8 Å². The zero-order valence-electron chi connectivity index (χ0n) is 11.2. The lowest BCUT2D eigenvalue weighted by Crippen LogP contribution is -2.25. The summed E-state index contributed by atoms with van der Waals surface area (Å²) >= 11 is 3.32. The molecule has 0 amide bonds. The average Bonchev–Trinajstić information content (AvgIpc) is 2.30. The Labute approximate surface area is 122 Å². The third-order valence-electron chi connectivity index (χ3n) is 2.86. The van der Waals surface area contributed by atoms with E-state index >= 15 is 0 Å². The predicted octanol–water partition coefficient (Wildman–Crippen LogP) is 2.32. The lowest BCUT2D eigenvalue weighted by Gasteiger charge is -2.23. The Morgan fingerprint density at radius 3 is 2.53 bits per heavy atom. The van der Waals surface area contributed by atoms with Crippen LogP contribution in [0.2, 0.25) is 0 Å². The van der Waals surface area contributed by atoms with Crippen molar-refractivity contribution in [2.24, 2.45) is 5.14 Å². The number of nitrogens with one attached hydrogen (secondary N) is 1. The molecule has 0 atom stereocenters. The van der Waals surface area contributed by atoms with Gasteiger partial charge in [0.25, 0.3) is 0 Å². The maximum absolute atomic E-state index is 11.2. The molecule has 0 aliphatic carbocycles. The zero-order valence-corrected chi connectivity index (χ0v) is 13.6. The molecule has 0 aromatic heterocycles. The van der Waals surface area contributed by atoms with E-state index in [1.807, 2.05) is 13.8 Å². The van der Waals surface area contributed by atoms with Gasteiger partial charge in [-0.15, -0.1) is 0 Å². The Hall–Kier alpha value is -0.630. The summed E-state index contributed by atoms with van der Waals surface area (Å²) in [6, 6.07) is 4.65. The summed E-state index contributed by atoms with van der Waals surface area (Å²) in [4.78, 5) is 0.0853. The molecule has 7 heteroatoms. The first kappa shape index (κ1) is 16.4. The Bertz CT molecular complexity index is 544. The first-order valence-electron chi connectivity index (χ1n) is 5.77. The monoisotopic (exact) mass is 350 g/mol. The first-order valence-corrected chi connectivity index (χ1v) is 8.11. The number of nitrogens with two attached hydrogens (primary N) is 1. The van der Waals surface area contributed by atoms with Gasteiger partial charge in [0.2, 0.25) is 10.0 Å². The summed E-state index contributed by atoms with van der Waals surface area (Å²) in [5.41, 5.74) is 0.624. The van der Waals surface area contributed by atoms with Crippen molar-refractivity contribution in [2.75, 3.05) is 19.0 Å². The summed E-state index contributed by atoms with van der Waals surface area (Å²) in [6.45, 7) is 4.73. The molecule has 1 aromatic carbocycles. The minimum Gasteiger partial charge on any atom is -0.384 e. The standard InChI is InChI=1S/C12H19BrN2O3S/c1-12(2,18-3)6-7-15-11-5-4-9(8-10(11)13)19(14,16)17/h4-5,8,15H,6-7H2,1-3H3,(H2,14,16,17). The fraction of sp³-hybridized carbons (Fsp3) is 0.500. The van der Waals surface area contributed by atoms with Crippen molar-refractivity contribution >= 4 is 31.6 Å². The van der Waals surface area contributed by atoms with Crippen molar-refractivity contribution < 1.29 is 13.2 Å². The molecule has 0 unspecified atom stereocenters. The molecule has 19 heavy (non-hydrogen) atoms. The van der Waals surface area contributed by atoms with Crippen molar-refractivity contribution in [1.82, 2.24) is 0 Å². The average molecular weight is 351 g/mol. The summed E-state index contributed by atoms with van der Waals surface area (Å²) < 4.78 is 28.4. The Morgan fingerprint density at radius 1 is 1.42 bits per heavy atom. The van der Waals surface area contributed by atoms with Crippen molar-refractivity contribution in [3.05, 3.63) is 22.7 Å². The topological polar surface area (TPSA) is 81.4 Å². The summed E-state index contributed by atoms with van der Waals surface area (Å²) in [6.07, 6.45) is 0.826. The molecular weight excluding hydrogens is 332 g/mol. The number of rotatable bonds is 6. The van der Waals surface area contributed by atoms with Gasteiger partial charge in [-0.05, 0) is 54.4 Å². The van der Waals surface area contributed by atoms with Gasteiger partial charge in [-0.1, -0.05) is 0 Å². The number of benzene rings is 1. The van der Waals surface area contributed by atoms with Crippen molar-refractivity contribution in [2.45, 2.75) is 30.8 Å². The maximum atomic E-state index is 11.2. The van der Waals surface area contributed by atoms with Gasteiger partial charge in [-0.2, -0.15) is 0 Å². The number of methoxy groups -OCH3 is 1. The third kappa shape index (κ3) is 5.10. The number of hydrogen-bond donors (Lipinski definition) is 2. The molecule has 0 spiro atoms. The number of hydrogen-bond acceptors (Lipinski definition) is 4. The molecule has 108 valence electrons. The van der Waals surface area contributed by atoms with Crippen molar-refractivity contribution in [3.8, 4) is 0 Å². The third-order valence-corrected chi connectivity index (χ3v) is 4.43. The van der Waals surface area contributed by atoms with Gasteiger partial charge in [-0.3, -0.25) is 0 Å². The molecule has 0 bridgehead atoms. The number of ether oxygens (including phenoxy) is 1. The van der Waals surface area contributed by atoms with E-state index in [4.69, 9.17) is 9.88 Å². The van der Waals surface area contributed by atoms with Gasteiger partial charge >= 0.3 is 0 Å². The van der Waals surface area contributed by atoms with E-state index in [0.717, 1.165) is 12.1 Å². The Morgan fingerprint density at radius 2 is 2.05 bits per heavy atom. The second kappa shape index (κ2) is 6.21. The molecule has 0 saturated carbocycles. The van der Waals surface area contributed by atoms with Gasteiger partial charge in [0.15, 0.2) is 0 Å². The van der Waals surface area contributed by atoms with Gasteiger partial charge in [0.1, 0.15) is 0 Å². The van der Waals surface area contributed by atoms with E-state index in [0.29, 0.717) is 11.0 Å². The number of anilines is 1. The summed E-state index contributed by atoms with van der Waals surface area (Å²) in [5.74, 6) is 0. The van der Waals surface area contributed by atoms with Crippen molar-refractivity contribution in [3.63, 3.8) is 0 Å². The number of halogens is 1. The lowest BCUT2D eigenvalue weighted by atomic mass is 10.1. The molecule has 3 N–H and O–H groups in total. The van der Waals surface area contributed by atoms with Crippen LogP contribution in [0.5, 0.6) is 0 Å². The molecule has 0 fully saturated rings. The van der Waals surface area contributed by atoms with Gasteiger partial charge in [0, 0.05) is 23.8 Å². The smallest absolute Gasteiger partial charge is 0.238 e. The molecule has 1 aromatic rings. The van der Waals surface area contributed by atoms with Crippen molar-refractivity contribution in [1.29, 1.82) is 0 Å². The van der Waals surface area contributed by atoms with Crippen LogP contribution in [0.1, 0.15) is 20.3 Å². The Kier molecular flexibility index (Phi) is 5.37. The second-order valence-corrected chi connectivity index (χ2v) is 7.24. The number of sulfonamides is 1. The highest BCUT2D eigenvalue weighted by molar-refractivity contribution is 9.10. The van der Waals surface area contributed by atoms with E-state index < -0.39 is 10.0 Å². The van der Waals surface area contributed by atoms with Crippen LogP contribution in [-0.4, -0.2) is 27.7 Å². The molecule has 0 radical (unpaired) electrons. The van der Waals surface area contributed by atoms with E-state index in [1.54, 1.807) is 13.2 Å². The quantitative estimate of drug-likeness (QED) is 0.824. The molecule has 1 rings (SSSR count). The van der Waals surface area contributed by atoms with Crippen LogP contribution in [0.3, 0.4) is 0 Å². The fourth-order valence-electron chi connectivity index (χ4n) is 1.42. The van der Waals surface area contributed by atoms with Crippen LogP contribution in [0.25, 0.3) is 0 Å². The highest BCUT2D eigenvalue weighted by Crippen LogP contribution is 2.25. The molecule has 0 saturated heterocycles. The van der Waals surface area contributed by atoms with E-state index in [-0.39, 0.29) is 10.5 Å². The fourth-order valence-corrected chi connectivity index (χ4v) is 2.63. The van der Waals surface area contributed by atoms with Crippen LogP contribution in [0, 0.1) is 0 Å². The van der Waals surface area contributed by atoms with Crippen LogP contribution >= 0.6 is 15.9 Å². The zero-order chi connectivity index (χ0) is 14.7. The minimum absolute atomic E-state index is 0.0853. The van der Waals surface area contributed by atoms with E-state index in [9.17, 15) is 8.42 Å². The highest BCUT2D eigenvalue weighted by atomic mass is 79.9. The van der Waals surface area contributed by atoms with Crippen LogP contribution in [0.15, 0.2) is 27.6 Å². The SMILES string of the molecule is COC(C)(C)CCNc1ccc(S(N)(=O)=O)cc1Br. The first-order chi connectivity index (χ1) is 8.65. The molecular formula is C12H19BrN2O3S. The molecule has 0 heterocycles. The predicted molar refractivity (Wildman–Crippen MR) is 79.7 cm³/mol. The number of primary sulfonamides is 1. The lowest BCUT2D eigenvalue weighted by molar-refractivity contribution is 0.0185. The molecule has 0 aliphatic heterocycles. The highest BCUT2D eigenvalue weighted by Gasteiger charge is 2.16. The second-order valence-electron chi connectivity index (χ2n) is 4.83. The van der Waals surface area contributed by atoms with Gasteiger partial charge in [0.05, 0.1) is 10.5 Å². The summed E-state index contributed by atoms with van der Waals surface area (Å²) in [7, 11) is -1.99. The van der Waals surface area contributed by atoms with E-state index in [2.05, 4.69) is 21.2 Å². The minimum atomic E-state index is -3.67. The maximum Gasteiger partial charge on any atom is 0.238 e. The van der Waals surface area contributed by atoms with Crippen LogP contribution in [0.4, 0.5) is 5.69 Å². The van der Waals surface area contributed by atoms with E-state index in [1.165, 1.54) is 12.1 Å². The largest absolute Gasteiger partial charge is 0.384 e. The molecule has 0 aliphatic rings. The Balaban J connectivity index is 2.72. The molecule has 5 nitrogen and oxygen atoms in total.